The molecule has 0 heterocycles. The second kappa shape index (κ2) is 9.37. The van der Waals surface area contributed by atoms with E-state index in [1.807, 2.05) is 45.0 Å². The number of hydrogen-bond donors (Lipinski definition) is 1. The Kier molecular flexibility index (Phi) is 7.73. The van der Waals surface area contributed by atoms with Crippen LogP contribution in [-0.2, 0) is 9.53 Å². The van der Waals surface area contributed by atoms with Gasteiger partial charge in [0.05, 0.1) is 0 Å². The van der Waals surface area contributed by atoms with Gasteiger partial charge in [0.2, 0.25) is 0 Å². The van der Waals surface area contributed by atoms with Crippen molar-refractivity contribution in [1.82, 2.24) is 5.32 Å². The van der Waals surface area contributed by atoms with Gasteiger partial charge in [-0.15, -0.1) is 0 Å². The van der Waals surface area contributed by atoms with Crippen LogP contribution in [0.15, 0.2) is 24.3 Å². The summed E-state index contributed by atoms with van der Waals surface area (Å²) >= 11 is 0. The fraction of sp³-hybridized carbons (Fsp3) is 0.562. The molecule has 1 N–H and O–H groups in total. The third-order valence-electron chi connectivity index (χ3n) is 2.99. The lowest BCUT2D eigenvalue weighted by Gasteiger charge is -2.18. The second-order valence-electron chi connectivity index (χ2n) is 4.62. The third kappa shape index (κ3) is 5.61. The van der Waals surface area contributed by atoms with Crippen molar-refractivity contribution in [3.63, 3.8) is 0 Å². The summed E-state index contributed by atoms with van der Waals surface area (Å²) in [6, 6.07) is 7.73. The molecule has 0 saturated heterocycles. The van der Waals surface area contributed by atoms with Gasteiger partial charge in [-0.1, -0.05) is 25.1 Å². The van der Waals surface area contributed by atoms with Gasteiger partial charge in [0.15, 0.2) is 6.10 Å². The molecule has 0 saturated carbocycles. The first-order valence-electron chi connectivity index (χ1n) is 7.26. The Morgan fingerprint density at radius 1 is 1.30 bits per heavy atom. The summed E-state index contributed by atoms with van der Waals surface area (Å²) in [5.74, 6) is 0.705. The molecular formula is C16H25NO3. The van der Waals surface area contributed by atoms with E-state index >= 15 is 0 Å². The fourth-order valence-electron chi connectivity index (χ4n) is 1.81. The third-order valence-corrected chi connectivity index (χ3v) is 2.99. The highest BCUT2D eigenvalue weighted by molar-refractivity contribution is 5.81. The van der Waals surface area contributed by atoms with Crippen LogP contribution in [0.1, 0.15) is 32.3 Å². The van der Waals surface area contributed by atoms with Gasteiger partial charge < -0.3 is 14.8 Å². The Morgan fingerprint density at radius 2 is 2.05 bits per heavy atom. The van der Waals surface area contributed by atoms with E-state index in [2.05, 4.69) is 5.32 Å². The molecule has 0 fully saturated rings. The minimum Gasteiger partial charge on any atom is -0.480 e. The highest BCUT2D eigenvalue weighted by Crippen LogP contribution is 2.18. The molecule has 112 valence electrons. The number of carbonyl (C=O) groups is 1. The number of aryl methyl sites for hydroxylation is 1. The smallest absolute Gasteiger partial charge is 0.261 e. The minimum atomic E-state index is -0.441. The van der Waals surface area contributed by atoms with Gasteiger partial charge in [0.25, 0.3) is 5.91 Å². The molecule has 0 radical (unpaired) electrons. The second-order valence-corrected chi connectivity index (χ2v) is 4.62. The lowest BCUT2D eigenvalue weighted by atomic mass is 10.2. The summed E-state index contributed by atoms with van der Waals surface area (Å²) < 4.78 is 11.0. The van der Waals surface area contributed by atoms with Gasteiger partial charge in [0, 0.05) is 19.8 Å². The van der Waals surface area contributed by atoms with Crippen LogP contribution in [0.2, 0.25) is 0 Å². The van der Waals surface area contributed by atoms with E-state index in [4.69, 9.17) is 9.47 Å². The Balaban J connectivity index is 2.41. The van der Waals surface area contributed by atoms with Crippen molar-refractivity contribution < 1.29 is 14.3 Å². The lowest BCUT2D eigenvalue weighted by molar-refractivity contribution is -0.128. The van der Waals surface area contributed by atoms with E-state index < -0.39 is 6.10 Å². The highest BCUT2D eigenvalue weighted by atomic mass is 16.5. The molecule has 0 aliphatic rings. The Hall–Kier alpha value is -1.55. The number of hydrogen-bond acceptors (Lipinski definition) is 3. The summed E-state index contributed by atoms with van der Waals surface area (Å²) in [6.07, 6.45) is 1.02. The summed E-state index contributed by atoms with van der Waals surface area (Å²) in [5, 5.41) is 2.89. The normalized spacial score (nSPS) is 11.9. The molecule has 0 spiro atoms. The number of carbonyl (C=O) groups excluding carboxylic acids is 1. The van der Waals surface area contributed by atoms with Crippen LogP contribution in [0.3, 0.4) is 0 Å². The van der Waals surface area contributed by atoms with Crippen molar-refractivity contribution in [3.8, 4) is 5.75 Å². The quantitative estimate of drug-likeness (QED) is 0.707. The van der Waals surface area contributed by atoms with E-state index in [0.29, 0.717) is 26.2 Å². The molecule has 4 nitrogen and oxygen atoms in total. The Morgan fingerprint density at radius 3 is 2.70 bits per heavy atom. The predicted octanol–water partition coefficient (Wildman–Crippen LogP) is 2.70. The molecule has 0 bridgehead atoms. The molecular weight excluding hydrogens is 254 g/mol. The largest absolute Gasteiger partial charge is 0.480 e. The molecule has 1 aromatic rings. The SMILES string of the molecule is CCOCCCNC(=O)[C@@H](CC)Oc1ccccc1C. The van der Waals surface area contributed by atoms with E-state index in [9.17, 15) is 4.79 Å². The van der Waals surface area contributed by atoms with Crippen LogP contribution >= 0.6 is 0 Å². The molecule has 0 aliphatic carbocycles. The standard InChI is InChI=1S/C16H25NO3/c1-4-14(16(18)17-11-8-12-19-5-2)20-15-10-7-6-9-13(15)3/h6-7,9-10,14H,4-5,8,11-12H2,1-3H3,(H,17,18)/t14-/m1/s1. The zero-order chi connectivity index (χ0) is 14.8. The Bertz CT molecular complexity index is 406. The summed E-state index contributed by atoms with van der Waals surface area (Å²) in [7, 11) is 0. The van der Waals surface area contributed by atoms with Gasteiger partial charge in [-0.05, 0) is 38.3 Å². The maximum Gasteiger partial charge on any atom is 0.261 e. The summed E-state index contributed by atoms with van der Waals surface area (Å²) in [4.78, 5) is 12.0. The molecule has 0 aromatic heterocycles. The predicted molar refractivity (Wildman–Crippen MR) is 80.0 cm³/mol. The molecule has 0 aliphatic heterocycles. The van der Waals surface area contributed by atoms with Gasteiger partial charge in [-0.2, -0.15) is 0 Å². The van der Waals surface area contributed by atoms with E-state index in [0.717, 1.165) is 17.7 Å². The summed E-state index contributed by atoms with van der Waals surface area (Å²) in [5.41, 5.74) is 1.04. The number of amides is 1. The average molecular weight is 279 g/mol. The number of ether oxygens (including phenoxy) is 2. The zero-order valence-electron chi connectivity index (χ0n) is 12.6. The van der Waals surface area contributed by atoms with Gasteiger partial charge in [-0.3, -0.25) is 4.79 Å². The maximum atomic E-state index is 12.0. The first kappa shape index (κ1) is 16.5. The van der Waals surface area contributed by atoms with Gasteiger partial charge in [-0.25, -0.2) is 0 Å². The van der Waals surface area contributed by atoms with Crippen molar-refractivity contribution in [2.24, 2.45) is 0 Å². The highest BCUT2D eigenvalue weighted by Gasteiger charge is 2.18. The molecule has 1 amide bonds. The van der Waals surface area contributed by atoms with Crippen LogP contribution in [-0.4, -0.2) is 31.8 Å². The van der Waals surface area contributed by atoms with E-state index in [1.54, 1.807) is 0 Å². The van der Waals surface area contributed by atoms with Crippen molar-refractivity contribution in [2.45, 2.75) is 39.7 Å². The molecule has 20 heavy (non-hydrogen) atoms. The first-order chi connectivity index (χ1) is 9.69. The van der Waals surface area contributed by atoms with Crippen molar-refractivity contribution in [1.29, 1.82) is 0 Å². The fourth-order valence-corrected chi connectivity index (χ4v) is 1.81. The average Bonchev–Trinajstić information content (AvgIpc) is 2.46. The topological polar surface area (TPSA) is 47.6 Å². The monoisotopic (exact) mass is 279 g/mol. The molecule has 1 atom stereocenters. The lowest BCUT2D eigenvalue weighted by Crippen LogP contribution is -2.38. The van der Waals surface area contributed by atoms with Crippen LogP contribution in [0.4, 0.5) is 0 Å². The Labute approximate surface area is 121 Å². The minimum absolute atomic E-state index is 0.0627. The number of para-hydroxylation sites is 1. The number of nitrogens with one attached hydrogen (secondary N) is 1. The van der Waals surface area contributed by atoms with Crippen molar-refractivity contribution in [2.75, 3.05) is 19.8 Å². The molecule has 0 unspecified atom stereocenters. The maximum absolute atomic E-state index is 12.0. The number of benzene rings is 1. The van der Waals surface area contributed by atoms with Crippen molar-refractivity contribution >= 4 is 5.91 Å². The van der Waals surface area contributed by atoms with Gasteiger partial charge >= 0.3 is 0 Å². The summed E-state index contributed by atoms with van der Waals surface area (Å²) in [6.45, 7) is 7.88. The van der Waals surface area contributed by atoms with Crippen LogP contribution in [0, 0.1) is 6.92 Å². The number of rotatable bonds is 9. The van der Waals surface area contributed by atoms with Crippen molar-refractivity contribution in [3.05, 3.63) is 29.8 Å². The van der Waals surface area contributed by atoms with Crippen LogP contribution in [0.25, 0.3) is 0 Å². The van der Waals surface area contributed by atoms with Crippen LogP contribution in [0.5, 0.6) is 5.75 Å². The van der Waals surface area contributed by atoms with E-state index in [1.165, 1.54) is 0 Å². The molecule has 1 rings (SSSR count). The molecule has 1 aromatic carbocycles. The van der Waals surface area contributed by atoms with Gasteiger partial charge in [0.1, 0.15) is 5.75 Å². The van der Waals surface area contributed by atoms with Crippen LogP contribution < -0.4 is 10.1 Å². The zero-order valence-corrected chi connectivity index (χ0v) is 12.6. The first-order valence-corrected chi connectivity index (χ1v) is 7.26. The van der Waals surface area contributed by atoms with E-state index in [-0.39, 0.29) is 5.91 Å². The molecule has 4 heteroatoms.